The summed E-state index contributed by atoms with van der Waals surface area (Å²) in [6.45, 7) is 8.94. The van der Waals surface area contributed by atoms with Gasteiger partial charge in [-0.3, -0.25) is 4.90 Å². The highest BCUT2D eigenvalue weighted by Crippen LogP contribution is 1.98. The van der Waals surface area contributed by atoms with E-state index in [1.165, 1.54) is 0 Å². The molecular weight excluding hydrogens is 182 g/mol. The van der Waals surface area contributed by atoms with Crippen LogP contribution in [0.1, 0.15) is 20.8 Å². The molecule has 0 aliphatic rings. The molecule has 3 N–H and O–H groups in total. The third-order valence-electron chi connectivity index (χ3n) is 2.22. The minimum Gasteiger partial charge on any atom is -0.409 e. The standard InChI is InChI=1S/C9H21N3O2/c1-4-12(6-7-14-5-2)8(3)9(10)11-13/h8,13H,4-7H2,1-3H3,(H2,10,11). The normalized spacial score (nSPS) is 14.7. The molecule has 1 unspecified atom stereocenters. The summed E-state index contributed by atoms with van der Waals surface area (Å²) in [5, 5.41) is 11.5. The van der Waals surface area contributed by atoms with Crippen molar-refractivity contribution in [1.29, 1.82) is 0 Å². The van der Waals surface area contributed by atoms with E-state index in [4.69, 9.17) is 15.7 Å². The molecule has 0 bridgehead atoms. The van der Waals surface area contributed by atoms with Crippen LogP contribution in [0.3, 0.4) is 0 Å². The fraction of sp³-hybridized carbons (Fsp3) is 0.889. The summed E-state index contributed by atoms with van der Waals surface area (Å²) >= 11 is 0. The van der Waals surface area contributed by atoms with Crippen LogP contribution in [0.25, 0.3) is 0 Å². The molecule has 5 heteroatoms. The molecule has 0 radical (unpaired) electrons. The SMILES string of the molecule is CCOCCN(CC)C(C)C(N)=NO. The first-order valence-corrected chi connectivity index (χ1v) is 4.96. The minimum atomic E-state index is -0.0505. The van der Waals surface area contributed by atoms with Crippen LogP contribution in [-0.2, 0) is 4.74 Å². The molecule has 0 aliphatic carbocycles. The molecule has 0 fully saturated rings. The van der Waals surface area contributed by atoms with Gasteiger partial charge in [0.15, 0.2) is 5.84 Å². The molecule has 0 amide bonds. The van der Waals surface area contributed by atoms with E-state index in [2.05, 4.69) is 10.1 Å². The number of nitrogens with two attached hydrogens (primary N) is 1. The van der Waals surface area contributed by atoms with Gasteiger partial charge in [0, 0.05) is 13.2 Å². The van der Waals surface area contributed by atoms with Crippen molar-refractivity contribution in [2.24, 2.45) is 10.9 Å². The molecule has 0 aromatic heterocycles. The Labute approximate surface area is 85.5 Å². The molecule has 1 atom stereocenters. The van der Waals surface area contributed by atoms with E-state index >= 15 is 0 Å². The molecule has 14 heavy (non-hydrogen) atoms. The molecule has 0 aromatic rings. The van der Waals surface area contributed by atoms with Crippen LogP contribution in [0, 0.1) is 0 Å². The average molecular weight is 203 g/mol. The minimum absolute atomic E-state index is 0.0505. The maximum atomic E-state index is 8.53. The fourth-order valence-electron chi connectivity index (χ4n) is 1.22. The number of ether oxygens (including phenoxy) is 1. The summed E-state index contributed by atoms with van der Waals surface area (Å²) < 4.78 is 5.24. The molecule has 0 rings (SSSR count). The molecule has 0 spiro atoms. The van der Waals surface area contributed by atoms with Crippen molar-refractivity contribution in [3.8, 4) is 0 Å². The number of oxime groups is 1. The lowest BCUT2D eigenvalue weighted by Crippen LogP contribution is -2.44. The van der Waals surface area contributed by atoms with Gasteiger partial charge in [-0.15, -0.1) is 0 Å². The van der Waals surface area contributed by atoms with Gasteiger partial charge >= 0.3 is 0 Å². The van der Waals surface area contributed by atoms with Gasteiger partial charge in [0.25, 0.3) is 0 Å². The van der Waals surface area contributed by atoms with Crippen molar-refractivity contribution >= 4 is 5.84 Å². The van der Waals surface area contributed by atoms with Crippen LogP contribution in [0.15, 0.2) is 5.16 Å². The monoisotopic (exact) mass is 203 g/mol. The summed E-state index contributed by atoms with van der Waals surface area (Å²) in [6.07, 6.45) is 0. The van der Waals surface area contributed by atoms with E-state index < -0.39 is 0 Å². The molecule has 5 nitrogen and oxygen atoms in total. The van der Waals surface area contributed by atoms with E-state index in [9.17, 15) is 0 Å². The second-order valence-corrected chi connectivity index (χ2v) is 3.03. The zero-order chi connectivity index (χ0) is 11.0. The van der Waals surface area contributed by atoms with Crippen LogP contribution >= 0.6 is 0 Å². The number of rotatable bonds is 7. The van der Waals surface area contributed by atoms with Gasteiger partial charge < -0.3 is 15.7 Å². The first-order chi connectivity index (χ1) is 6.67. The Hall–Kier alpha value is -0.810. The van der Waals surface area contributed by atoms with Gasteiger partial charge in [-0.25, -0.2) is 0 Å². The highest BCUT2D eigenvalue weighted by Gasteiger charge is 2.15. The second-order valence-electron chi connectivity index (χ2n) is 3.03. The van der Waals surface area contributed by atoms with Crippen LogP contribution < -0.4 is 5.73 Å². The lowest BCUT2D eigenvalue weighted by atomic mass is 10.2. The van der Waals surface area contributed by atoms with E-state index in [1.54, 1.807) is 0 Å². The van der Waals surface area contributed by atoms with Crippen molar-refractivity contribution in [3.05, 3.63) is 0 Å². The van der Waals surface area contributed by atoms with Gasteiger partial charge in [-0.1, -0.05) is 12.1 Å². The van der Waals surface area contributed by atoms with Crippen molar-refractivity contribution in [2.75, 3.05) is 26.3 Å². The Kier molecular flexibility index (Phi) is 7.14. The summed E-state index contributed by atoms with van der Waals surface area (Å²) in [4.78, 5) is 2.09. The highest BCUT2D eigenvalue weighted by atomic mass is 16.5. The highest BCUT2D eigenvalue weighted by molar-refractivity contribution is 5.84. The van der Waals surface area contributed by atoms with Crippen molar-refractivity contribution in [1.82, 2.24) is 4.90 Å². The van der Waals surface area contributed by atoms with Crippen molar-refractivity contribution < 1.29 is 9.94 Å². The summed E-state index contributed by atoms with van der Waals surface area (Å²) in [6, 6.07) is -0.0505. The Bertz CT molecular complexity index is 173. The second kappa shape index (κ2) is 7.58. The molecule has 0 aromatic carbocycles. The van der Waals surface area contributed by atoms with E-state index in [1.807, 2.05) is 20.8 Å². The van der Waals surface area contributed by atoms with Gasteiger partial charge in [0.1, 0.15) is 0 Å². The Morgan fingerprint density at radius 1 is 1.57 bits per heavy atom. The number of likely N-dealkylation sites (N-methyl/N-ethyl adjacent to an activating group) is 1. The number of hydrogen-bond donors (Lipinski definition) is 2. The molecule has 0 aliphatic heterocycles. The summed E-state index contributed by atoms with van der Waals surface area (Å²) in [5.41, 5.74) is 5.51. The summed E-state index contributed by atoms with van der Waals surface area (Å²) in [5.74, 6) is 0.239. The zero-order valence-electron chi connectivity index (χ0n) is 9.23. The van der Waals surface area contributed by atoms with Crippen LogP contribution in [0.5, 0.6) is 0 Å². The third-order valence-corrected chi connectivity index (χ3v) is 2.22. The van der Waals surface area contributed by atoms with Gasteiger partial charge in [-0.2, -0.15) is 0 Å². The van der Waals surface area contributed by atoms with Crippen LogP contribution in [0.2, 0.25) is 0 Å². The number of nitrogens with zero attached hydrogens (tertiary/aromatic N) is 2. The lowest BCUT2D eigenvalue weighted by Gasteiger charge is -2.26. The smallest absolute Gasteiger partial charge is 0.156 e. The Balaban J connectivity index is 3.99. The molecule has 0 heterocycles. The number of hydrogen-bond acceptors (Lipinski definition) is 4. The quantitative estimate of drug-likeness (QED) is 0.207. The van der Waals surface area contributed by atoms with Gasteiger partial charge in [0.05, 0.1) is 12.6 Å². The van der Waals surface area contributed by atoms with Gasteiger partial charge in [0.2, 0.25) is 0 Å². The first-order valence-electron chi connectivity index (χ1n) is 4.96. The largest absolute Gasteiger partial charge is 0.409 e. The molecule has 84 valence electrons. The Morgan fingerprint density at radius 3 is 2.64 bits per heavy atom. The predicted molar refractivity (Wildman–Crippen MR) is 56.6 cm³/mol. The van der Waals surface area contributed by atoms with Crippen LogP contribution in [-0.4, -0.2) is 48.3 Å². The maximum Gasteiger partial charge on any atom is 0.156 e. The van der Waals surface area contributed by atoms with E-state index in [0.29, 0.717) is 6.61 Å². The van der Waals surface area contributed by atoms with Crippen molar-refractivity contribution in [2.45, 2.75) is 26.8 Å². The predicted octanol–water partition coefficient (Wildman–Crippen LogP) is 0.480. The zero-order valence-corrected chi connectivity index (χ0v) is 9.23. The van der Waals surface area contributed by atoms with Crippen molar-refractivity contribution in [3.63, 3.8) is 0 Å². The van der Waals surface area contributed by atoms with Crippen LogP contribution in [0.4, 0.5) is 0 Å². The molecule has 0 saturated carbocycles. The third kappa shape index (κ3) is 4.43. The average Bonchev–Trinajstić information content (AvgIpc) is 2.22. The molecular formula is C9H21N3O2. The van der Waals surface area contributed by atoms with Gasteiger partial charge in [-0.05, 0) is 20.4 Å². The molecule has 0 saturated heterocycles. The topological polar surface area (TPSA) is 71.1 Å². The Morgan fingerprint density at radius 2 is 2.21 bits per heavy atom. The van der Waals surface area contributed by atoms with E-state index in [0.717, 1.165) is 19.7 Å². The maximum absolute atomic E-state index is 8.53. The summed E-state index contributed by atoms with van der Waals surface area (Å²) in [7, 11) is 0. The number of amidine groups is 1. The fourth-order valence-corrected chi connectivity index (χ4v) is 1.22. The van der Waals surface area contributed by atoms with E-state index in [-0.39, 0.29) is 11.9 Å². The first kappa shape index (κ1) is 13.2. The lowest BCUT2D eigenvalue weighted by molar-refractivity contribution is 0.110.